The first-order valence-electron chi connectivity index (χ1n) is 10.1. The van der Waals surface area contributed by atoms with Gasteiger partial charge in [0.1, 0.15) is 17.1 Å². The van der Waals surface area contributed by atoms with E-state index in [2.05, 4.69) is 0 Å². The van der Waals surface area contributed by atoms with Crippen LogP contribution in [0.2, 0.25) is 0 Å². The molecule has 0 amide bonds. The van der Waals surface area contributed by atoms with E-state index in [-0.39, 0.29) is 17.4 Å². The van der Waals surface area contributed by atoms with Gasteiger partial charge in [0, 0.05) is 5.41 Å². The summed E-state index contributed by atoms with van der Waals surface area (Å²) >= 11 is 0. The van der Waals surface area contributed by atoms with Gasteiger partial charge in [0.05, 0.1) is 0 Å². The highest BCUT2D eigenvalue weighted by molar-refractivity contribution is 5.80. The average molecular weight is 475 g/mol. The summed E-state index contributed by atoms with van der Waals surface area (Å²) in [4.78, 5) is 0. The zero-order valence-electron chi connectivity index (χ0n) is 19.2. The highest BCUT2D eigenvalue weighted by Crippen LogP contribution is 2.56. The molecule has 2 aromatic carbocycles. The highest BCUT2D eigenvalue weighted by Gasteiger charge is 2.72. The van der Waals surface area contributed by atoms with Crippen molar-refractivity contribution in [1.82, 2.24) is 0 Å². The molecule has 2 rings (SSSR count). The molecule has 3 nitrogen and oxygen atoms in total. The lowest BCUT2D eigenvalue weighted by atomic mass is 9.73. The molecule has 0 heterocycles. The molecule has 182 valence electrons. The van der Waals surface area contributed by atoms with E-state index in [0.29, 0.717) is 0 Å². The van der Waals surface area contributed by atoms with Crippen LogP contribution in [0.25, 0.3) is 0 Å². The van der Waals surface area contributed by atoms with Crippen molar-refractivity contribution < 1.29 is 35.8 Å². The van der Waals surface area contributed by atoms with Crippen LogP contribution in [0, 0.1) is 10.8 Å². The molecule has 0 saturated carbocycles. The maximum atomic E-state index is 14.3. The Labute approximate surface area is 189 Å². The van der Waals surface area contributed by atoms with Gasteiger partial charge in [-0.25, -0.2) is 0 Å². The highest BCUT2D eigenvalue weighted by atomic mass is 19.4. The van der Waals surface area contributed by atoms with Crippen molar-refractivity contribution >= 4 is 5.90 Å². The summed E-state index contributed by atoms with van der Waals surface area (Å²) in [6, 6.07) is 7.20. The molecule has 0 bridgehead atoms. The van der Waals surface area contributed by atoms with E-state index in [1.54, 1.807) is 41.5 Å². The SMILES string of the molecule is CC(C)(C)Oc1ccc(C(c2ccc(OC(=N)C(C)(C)C)cc2)(C(F)(F)F)C(F)(F)F)cc1. The number of rotatable bonds is 4. The minimum Gasteiger partial charge on any atom is -0.488 e. The monoisotopic (exact) mass is 475 g/mol. The van der Waals surface area contributed by atoms with E-state index in [1.165, 1.54) is 0 Å². The molecule has 1 N–H and O–H groups in total. The van der Waals surface area contributed by atoms with Gasteiger partial charge in [0.25, 0.3) is 0 Å². The van der Waals surface area contributed by atoms with Crippen LogP contribution in [0.15, 0.2) is 48.5 Å². The molecule has 33 heavy (non-hydrogen) atoms. The second kappa shape index (κ2) is 8.57. The van der Waals surface area contributed by atoms with Crippen molar-refractivity contribution in [2.24, 2.45) is 5.41 Å². The predicted octanol–water partition coefficient (Wildman–Crippen LogP) is 7.68. The van der Waals surface area contributed by atoms with Crippen molar-refractivity contribution in [1.29, 1.82) is 5.41 Å². The van der Waals surface area contributed by atoms with Crippen molar-refractivity contribution in [3.63, 3.8) is 0 Å². The Morgan fingerprint density at radius 3 is 1.30 bits per heavy atom. The molecule has 0 saturated heterocycles. The molecule has 0 aromatic heterocycles. The van der Waals surface area contributed by atoms with Crippen molar-refractivity contribution in [2.45, 2.75) is 64.9 Å². The van der Waals surface area contributed by atoms with E-state index in [9.17, 15) is 26.3 Å². The van der Waals surface area contributed by atoms with Gasteiger partial charge in [0.2, 0.25) is 5.41 Å². The Kier molecular flexibility index (Phi) is 6.90. The normalized spacial score (nSPS) is 13.6. The molecule has 0 spiro atoms. The lowest BCUT2D eigenvalue weighted by Gasteiger charge is -2.38. The summed E-state index contributed by atoms with van der Waals surface area (Å²) in [5, 5.41) is 7.88. The molecular weight excluding hydrogens is 448 g/mol. The van der Waals surface area contributed by atoms with Crippen molar-refractivity contribution in [2.75, 3.05) is 0 Å². The third-order valence-corrected chi connectivity index (χ3v) is 4.75. The van der Waals surface area contributed by atoms with E-state index >= 15 is 0 Å². The standard InChI is InChI=1S/C24H27F6NO2/c1-20(2,3)19(31)32-17-11-7-15(8-12-17)22(23(25,26)27,24(28,29)30)16-9-13-18(14-10-16)33-21(4,5)6/h7-14,31H,1-6H3. The van der Waals surface area contributed by atoms with Gasteiger partial charge in [0.15, 0.2) is 5.90 Å². The minimum absolute atomic E-state index is 0.0363. The summed E-state index contributed by atoms with van der Waals surface area (Å²) in [6.45, 7) is 10.2. The fourth-order valence-electron chi connectivity index (χ4n) is 3.15. The molecule has 0 radical (unpaired) electrons. The zero-order valence-corrected chi connectivity index (χ0v) is 19.2. The van der Waals surface area contributed by atoms with E-state index in [0.717, 1.165) is 48.5 Å². The van der Waals surface area contributed by atoms with Crippen LogP contribution in [0.5, 0.6) is 11.5 Å². The minimum atomic E-state index is -5.70. The second-order valence-corrected chi connectivity index (χ2v) is 9.69. The lowest BCUT2D eigenvalue weighted by Crippen LogP contribution is -2.54. The van der Waals surface area contributed by atoms with Crippen LogP contribution in [0.4, 0.5) is 26.3 Å². The summed E-state index contributed by atoms with van der Waals surface area (Å²) in [5.41, 5.74) is -7.63. The number of benzene rings is 2. The van der Waals surface area contributed by atoms with Crippen LogP contribution in [0.3, 0.4) is 0 Å². The Morgan fingerprint density at radius 2 is 1.00 bits per heavy atom. The van der Waals surface area contributed by atoms with Crippen molar-refractivity contribution in [3.8, 4) is 11.5 Å². The number of hydrogen-bond donors (Lipinski definition) is 1. The van der Waals surface area contributed by atoms with Crippen LogP contribution < -0.4 is 9.47 Å². The van der Waals surface area contributed by atoms with Gasteiger partial charge in [-0.05, 0) is 56.2 Å². The quantitative estimate of drug-likeness (QED) is 0.280. The topological polar surface area (TPSA) is 42.3 Å². The van der Waals surface area contributed by atoms with E-state index < -0.39 is 39.9 Å². The van der Waals surface area contributed by atoms with E-state index in [1.807, 2.05) is 0 Å². The number of ether oxygens (including phenoxy) is 2. The molecule has 0 aliphatic carbocycles. The number of hydrogen-bond acceptors (Lipinski definition) is 3. The zero-order chi connectivity index (χ0) is 25.5. The molecule has 9 heteroatoms. The molecule has 0 aliphatic heterocycles. The maximum Gasteiger partial charge on any atom is 0.411 e. The average Bonchev–Trinajstić information content (AvgIpc) is 2.60. The lowest BCUT2D eigenvalue weighted by molar-refractivity contribution is -0.288. The van der Waals surface area contributed by atoms with Gasteiger partial charge in [-0.15, -0.1) is 0 Å². The summed E-state index contributed by atoms with van der Waals surface area (Å²) in [5.74, 6) is -0.0672. The van der Waals surface area contributed by atoms with Crippen LogP contribution in [-0.2, 0) is 5.41 Å². The third-order valence-electron chi connectivity index (χ3n) is 4.75. The summed E-state index contributed by atoms with van der Waals surface area (Å²) in [6.07, 6.45) is -11.4. The van der Waals surface area contributed by atoms with Gasteiger partial charge in [-0.1, -0.05) is 45.0 Å². The Balaban J connectivity index is 2.62. The molecule has 0 atom stereocenters. The molecule has 2 aromatic rings. The predicted molar refractivity (Wildman–Crippen MR) is 114 cm³/mol. The van der Waals surface area contributed by atoms with Crippen molar-refractivity contribution in [3.05, 3.63) is 59.7 Å². The second-order valence-electron chi connectivity index (χ2n) is 9.69. The number of nitrogens with one attached hydrogen (secondary N) is 1. The Bertz CT molecular complexity index is 949. The number of halogens is 6. The molecule has 0 fully saturated rings. The molecular formula is C24H27F6NO2. The van der Waals surface area contributed by atoms with Crippen LogP contribution >= 0.6 is 0 Å². The Morgan fingerprint density at radius 1 is 0.636 bits per heavy atom. The fourth-order valence-corrected chi connectivity index (χ4v) is 3.15. The first kappa shape index (κ1) is 26.5. The molecule has 0 unspecified atom stereocenters. The van der Waals surface area contributed by atoms with Crippen LogP contribution in [-0.4, -0.2) is 23.9 Å². The van der Waals surface area contributed by atoms with Gasteiger partial charge in [-0.2, -0.15) is 26.3 Å². The fraction of sp³-hybridized carbons (Fsp3) is 0.458. The van der Waals surface area contributed by atoms with Crippen LogP contribution in [0.1, 0.15) is 52.7 Å². The first-order valence-corrected chi connectivity index (χ1v) is 10.1. The summed E-state index contributed by atoms with van der Waals surface area (Å²) in [7, 11) is 0. The largest absolute Gasteiger partial charge is 0.488 e. The van der Waals surface area contributed by atoms with Gasteiger partial charge in [-0.3, -0.25) is 5.41 Å². The molecule has 0 aliphatic rings. The Hall–Kier alpha value is -2.71. The third kappa shape index (κ3) is 5.62. The smallest absolute Gasteiger partial charge is 0.411 e. The maximum absolute atomic E-state index is 14.3. The van der Waals surface area contributed by atoms with Gasteiger partial charge < -0.3 is 9.47 Å². The van der Waals surface area contributed by atoms with Gasteiger partial charge >= 0.3 is 12.4 Å². The van der Waals surface area contributed by atoms with E-state index in [4.69, 9.17) is 14.9 Å². The first-order chi connectivity index (χ1) is 14.8. The summed E-state index contributed by atoms with van der Waals surface area (Å²) < 4.78 is 96.4. The number of alkyl halides is 6.